The molecule has 1 unspecified atom stereocenters. The number of carboxylic acid groups (broad SMARTS) is 1. The normalized spacial score (nSPS) is 15.7. The summed E-state index contributed by atoms with van der Waals surface area (Å²) in [6, 6.07) is 14.3. The summed E-state index contributed by atoms with van der Waals surface area (Å²) in [5.41, 5.74) is 3.48. The molecule has 0 fully saturated rings. The number of carboxylic acids is 1. The summed E-state index contributed by atoms with van der Waals surface area (Å²) in [6.45, 7) is 5.57. The van der Waals surface area contributed by atoms with E-state index in [4.69, 9.17) is 21.7 Å². The fourth-order valence-electron chi connectivity index (χ4n) is 3.62. The van der Waals surface area contributed by atoms with Crippen LogP contribution in [0.15, 0.2) is 76.0 Å². The molecule has 184 valence electrons. The minimum atomic E-state index is -1.11. The number of aryl methyl sites for hydroxylation is 1. The van der Waals surface area contributed by atoms with Gasteiger partial charge in [-0.2, -0.15) is 0 Å². The van der Waals surface area contributed by atoms with Crippen LogP contribution in [0.25, 0.3) is 0 Å². The smallest absolute Gasteiger partial charge is 0.347 e. The van der Waals surface area contributed by atoms with E-state index in [0.717, 1.165) is 22.6 Å². The highest BCUT2D eigenvalue weighted by Gasteiger charge is 2.31. The maximum Gasteiger partial charge on any atom is 0.347 e. The Bertz CT molecular complexity index is 1430. The molecule has 1 atom stereocenters. The van der Waals surface area contributed by atoms with Crippen molar-refractivity contribution in [1.29, 1.82) is 0 Å². The summed E-state index contributed by atoms with van der Waals surface area (Å²) < 4.78 is 0. The second-order valence-electron chi connectivity index (χ2n) is 7.97. The van der Waals surface area contributed by atoms with Crippen LogP contribution in [0.5, 0.6) is 0 Å². The number of carbonyl (C=O) groups excluding carboxylic acids is 1. The number of amides is 1. The van der Waals surface area contributed by atoms with Crippen LogP contribution in [-0.2, 0) is 4.79 Å². The van der Waals surface area contributed by atoms with Gasteiger partial charge in [0.1, 0.15) is 16.8 Å². The monoisotopic (exact) mass is 522 g/mol. The second-order valence-corrected chi connectivity index (χ2v) is 9.40. The first-order valence-corrected chi connectivity index (χ1v) is 12.1. The Morgan fingerprint density at radius 1 is 1.11 bits per heavy atom. The van der Waals surface area contributed by atoms with Crippen LogP contribution in [0.3, 0.4) is 0 Å². The molecule has 0 saturated carbocycles. The molecule has 11 heteroatoms. The Labute approximate surface area is 216 Å². The molecule has 0 saturated heterocycles. The number of aromatic carboxylic acids is 1. The number of halogens is 1. The van der Waals surface area contributed by atoms with Crippen molar-refractivity contribution in [3.05, 3.63) is 87.0 Å². The van der Waals surface area contributed by atoms with E-state index in [0.29, 0.717) is 33.7 Å². The van der Waals surface area contributed by atoms with Gasteiger partial charge in [0.2, 0.25) is 5.96 Å². The van der Waals surface area contributed by atoms with Crippen molar-refractivity contribution in [3.63, 3.8) is 0 Å². The van der Waals surface area contributed by atoms with E-state index < -0.39 is 17.9 Å². The summed E-state index contributed by atoms with van der Waals surface area (Å²) in [5, 5.41) is 18.8. The van der Waals surface area contributed by atoms with Gasteiger partial charge in [-0.15, -0.1) is 0 Å². The number of thiazole rings is 1. The number of aliphatic imine (C=N–C) groups is 2. The number of aromatic nitrogens is 1. The van der Waals surface area contributed by atoms with Crippen LogP contribution in [0.2, 0.25) is 5.02 Å². The van der Waals surface area contributed by atoms with E-state index in [1.165, 1.54) is 6.20 Å². The predicted octanol–water partition coefficient (Wildman–Crippen LogP) is 5.25. The number of rotatable bonds is 5. The van der Waals surface area contributed by atoms with Gasteiger partial charge in [-0.05, 0) is 38.5 Å². The Morgan fingerprint density at radius 2 is 1.83 bits per heavy atom. The van der Waals surface area contributed by atoms with Crippen LogP contribution in [0, 0.1) is 6.92 Å². The number of carbonyl (C=O) groups is 2. The first kappa shape index (κ1) is 25.1. The van der Waals surface area contributed by atoms with Crippen LogP contribution >= 0.6 is 22.9 Å². The summed E-state index contributed by atoms with van der Waals surface area (Å²) >= 11 is 7.35. The van der Waals surface area contributed by atoms with Crippen LogP contribution < -0.4 is 16.0 Å². The number of allylic oxidation sites excluding steroid dienone is 1. The van der Waals surface area contributed by atoms with Crippen molar-refractivity contribution in [1.82, 2.24) is 10.3 Å². The lowest BCUT2D eigenvalue weighted by molar-refractivity contribution is -0.113. The van der Waals surface area contributed by atoms with Crippen molar-refractivity contribution in [2.45, 2.75) is 26.8 Å². The van der Waals surface area contributed by atoms with Gasteiger partial charge >= 0.3 is 5.97 Å². The van der Waals surface area contributed by atoms with E-state index >= 15 is 0 Å². The van der Waals surface area contributed by atoms with E-state index in [9.17, 15) is 9.59 Å². The van der Waals surface area contributed by atoms with Crippen molar-refractivity contribution in [3.8, 4) is 0 Å². The minimum absolute atomic E-state index is 0.0201. The Kier molecular flexibility index (Phi) is 7.47. The molecule has 3 aromatic rings. The Morgan fingerprint density at radius 3 is 2.53 bits per heavy atom. The highest BCUT2D eigenvalue weighted by Crippen LogP contribution is 2.35. The van der Waals surface area contributed by atoms with Crippen molar-refractivity contribution >= 4 is 57.4 Å². The van der Waals surface area contributed by atoms with Gasteiger partial charge in [0.05, 0.1) is 11.8 Å². The SMILES string of the molecule is CC1=C(C(=O)Nc2ncc(C(=O)O)s2)C(c2ccccc2Cl)N=C(/N=C(/C)Nc2ccccc2C)N1. The summed E-state index contributed by atoms with van der Waals surface area (Å²) in [4.78, 5) is 37.8. The van der Waals surface area contributed by atoms with Crippen molar-refractivity contribution in [2.24, 2.45) is 9.98 Å². The number of hydrogen-bond donors (Lipinski definition) is 4. The lowest BCUT2D eigenvalue weighted by Gasteiger charge is -2.25. The van der Waals surface area contributed by atoms with E-state index in [2.05, 4.69) is 25.9 Å². The average Bonchev–Trinajstić information content (AvgIpc) is 3.29. The third-order valence-corrected chi connectivity index (χ3v) is 6.59. The first-order chi connectivity index (χ1) is 17.2. The van der Waals surface area contributed by atoms with Gasteiger partial charge in [0, 0.05) is 22.0 Å². The first-order valence-electron chi connectivity index (χ1n) is 10.9. The number of benzene rings is 2. The largest absolute Gasteiger partial charge is 0.477 e. The van der Waals surface area contributed by atoms with Gasteiger partial charge in [-0.3, -0.25) is 10.1 Å². The molecule has 0 radical (unpaired) electrons. The van der Waals surface area contributed by atoms with Crippen LogP contribution in [-0.4, -0.2) is 33.8 Å². The van der Waals surface area contributed by atoms with Gasteiger partial charge < -0.3 is 15.7 Å². The number of anilines is 2. The molecule has 2 aromatic carbocycles. The molecule has 1 amide bonds. The van der Waals surface area contributed by atoms with Gasteiger partial charge in [0.15, 0.2) is 5.13 Å². The lowest BCUT2D eigenvalue weighted by atomic mass is 9.95. The zero-order valence-corrected chi connectivity index (χ0v) is 21.2. The van der Waals surface area contributed by atoms with Gasteiger partial charge in [-0.25, -0.2) is 19.8 Å². The molecule has 2 heterocycles. The average molecular weight is 523 g/mol. The predicted molar refractivity (Wildman–Crippen MR) is 143 cm³/mol. The van der Waals surface area contributed by atoms with Crippen LogP contribution in [0.4, 0.5) is 10.8 Å². The third kappa shape index (κ3) is 5.61. The number of amidine groups is 1. The summed E-state index contributed by atoms with van der Waals surface area (Å²) in [6.07, 6.45) is 1.20. The topological polar surface area (TPSA) is 128 Å². The van der Waals surface area contributed by atoms with E-state index in [1.807, 2.05) is 44.2 Å². The maximum atomic E-state index is 13.3. The van der Waals surface area contributed by atoms with Crippen molar-refractivity contribution < 1.29 is 14.7 Å². The zero-order chi connectivity index (χ0) is 25.8. The molecular formula is C25H23ClN6O3S. The molecule has 0 aliphatic carbocycles. The molecule has 0 spiro atoms. The van der Waals surface area contributed by atoms with Crippen LogP contribution in [0.1, 0.15) is 40.7 Å². The molecule has 1 aliphatic heterocycles. The molecule has 0 bridgehead atoms. The van der Waals surface area contributed by atoms with E-state index in [-0.39, 0.29) is 10.0 Å². The number of hydrogen-bond acceptors (Lipinski definition) is 7. The molecule has 4 N–H and O–H groups in total. The Balaban J connectivity index is 1.66. The summed E-state index contributed by atoms with van der Waals surface area (Å²) in [7, 11) is 0. The second kappa shape index (κ2) is 10.7. The molecular weight excluding hydrogens is 500 g/mol. The van der Waals surface area contributed by atoms with Crippen molar-refractivity contribution in [2.75, 3.05) is 10.6 Å². The fraction of sp³-hybridized carbons (Fsp3) is 0.160. The molecule has 4 rings (SSSR count). The van der Waals surface area contributed by atoms with Gasteiger partial charge in [-0.1, -0.05) is 59.3 Å². The minimum Gasteiger partial charge on any atom is -0.477 e. The molecule has 1 aliphatic rings. The van der Waals surface area contributed by atoms with E-state index in [1.54, 1.807) is 25.1 Å². The third-order valence-electron chi connectivity index (χ3n) is 5.34. The standard InChI is InChI=1S/C25H23ClN6O3S/c1-13-8-4-7-11-18(13)29-15(3)30-24-28-14(2)20(21(31-24)16-9-5-6-10-17(16)26)22(33)32-25-27-12-19(36-25)23(34)35/h4-12,21H,1-3H3,(H,34,35)(H,27,32,33)(H2,28,29,30,31). The number of nitrogens with zero attached hydrogens (tertiary/aromatic N) is 3. The number of para-hydroxylation sites is 1. The molecule has 9 nitrogen and oxygen atoms in total. The zero-order valence-electron chi connectivity index (χ0n) is 19.7. The molecule has 36 heavy (non-hydrogen) atoms. The number of guanidine groups is 1. The Hall–Kier alpha value is -4.02. The maximum absolute atomic E-state index is 13.3. The fourth-order valence-corrected chi connectivity index (χ4v) is 4.51. The lowest BCUT2D eigenvalue weighted by Crippen LogP contribution is -2.33. The quantitative estimate of drug-likeness (QED) is 0.268. The highest BCUT2D eigenvalue weighted by molar-refractivity contribution is 7.17. The highest BCUT2D eigenvalue weighted by atomic mass is 35.5. The number of nitrogens with one attached hydrogen (secondary N) is 3. The molecule has 1 aromatic heterocycles. The summed E-state index contributed by atoms with van der Waals surface area (Å²) in [5.74, 6) is -0.663. The van der Waals surface area contributed by atoms with Gasteiger partial charge in [0.25, 0.3) is 5.91 Å².